The number of hydrogen-bond donors (Lipinski definition) is 1. The molecule has 1 aromatic carbocycles. The van der Waals surface area contributed by atoms with Crippen LogP contribution in [0, 0.1) is 11.6 Å². The van der Waals surface area contributed by atoms with E-state index in [1.807, 2.05) is 0 Å². The monoisotopic (exact) mass is 335 g/mol. The zero-order valence-corrected chi connectivity index (χ0v) is 12.4. The van der Waals surface area contributed by atoms with Gasteiger partial charge in [-0.2, -0.15) is 4.31 Å². The van der Waals surface area contributed by atoms with Gasteiger partial charge in [-0.3, -0.25) is 0 Å². The van der Waals surface area contributed by atoms with Crippen LogP contribution in [-0.4, -0.2) is 49.6 Å². The first-order chi connectivity index (χ1) is 10.3. The average Bonchev–Trinajstić information content (AvgIpc) is 2.48. The maximum Gasteiger partial charge on any atom is 0.329 e. The van der Waals surface area contributed by atoms with Crippen LogP contribution in [0.4, 0.5) is 8.78 Å². The van der Waals surface area contributed by atoms with Crippen LogP contribution in [0.1, 0.15) is 12.8 Å². The normalized spacial score (nSPS) is 17.5. The Balaban J connectivity index is 2.07. The third-order valence-electron chi connectivity index (χ3n) is 3.38. The van der Waals surface area contributed by atoms with Crippen LogP contribution < -0.4 is 0 Å². The highest BCUT2D eigenvalue weighted by Crippen LogP contribution is 2.25. The largest absolute Gasteiger partial charge is 0.480 e. The lowest BCUT2D eigenvalue weighted by atomic mass is 10.1. The molecule has 1 N–H and O–H groups in total. The van der Waals surface area contributed by atoms with Gasteiger partial charge in [0.2, 0.25) is 10.0 Å². The Bertz CT molecular complexity index is 656. The Morgan fingerprint density at radius 2 is 1.95 bits per heavy atom. The van der Waals surface area contributed by atoms with Gasteiger partial charge in [0.05, 0.1) is 6.10 Å². The topological polar surface area (TPSA) is 83.9 Å². The minimum absolute atomic E-state index is 0.0581. The number of carboxylic acids is 1. The Morgan fingerprint density at radius 3 is 2.55 bits per heavy atom. The van der Waals surface area contributed by atoms with Crippen LogP contribution in [0.25, 0.3) is 0 Å². The molecule has 6 nitrogen and oxygen atoms in total. The maximum atomic E-state index is 13.7. The van der Waals surface area contributed by atoms with E-state index in [2.05, 4.69) is 0 Å². The molecular weight excluding hydrogens is 320 g/mol. The van der Waals surface area contributed by atoms with Gasteiger partial charge in [0.15, 0.2) is 11.6 Å². The number of piperidine rings is 1. The molecule has 0 atom stereocenters. The summed E-state index contributed by atoms with van der Waals surface area (Å²) in [7, 11) is -4.12. The first-order valence-electron chi connectivity index (χ1n) is 6.60. The molecule has 0 aromatic heterocycles. The lowest BCUT2D eigenvalue weighted by Gasteiger charge is -2.30. The van der Waals surface area contributed by atoms with Crippen molar-refractivity contribution in [2.24, 2.45) is 0 Å². The van der Waals surface area contributed by atoms with Gasteiger partial charge in [-0.25, -0.2) is 22.0 Å². The minimum Gasteiger partial charge on any atom is -0.480 e. The molecular formula is C13H15F2NO5S. The number of carboxylic acid groups (broad SMARTS) is 1. The highest BCUT2D eigenvalue weighted by atomic mass is 32.2. The highest BCUT2D eigenvalue weighted by Gasteiger charge is 2.32. The lowest BCUT2D eigenvalue weighted by Crippen LogP contribution is -2.41. The molecule has 0 amide bonds. The Kier molecular flexibility index (Phi) is 5.09. The fourth-order valence-electron chi connectivity index (χ4n) is 2.25. The molecule has 22 heavy (non-hydrogen) atoms. The number of hydrogen-bond acceptors (Lipinski definition) is 4. The lowest BCUT2D eigenvalue weighted by molar-refractivity contribution is -0.145. The van der Waals surface area contributed by atoms with Crippen molar-refractivity contribution < 1.29 is 31.8 Å². The molecule has 0 aliphatic carbocycles. The smallest absolute Gasteiger partial charge is 0.329 e. The van der Waals surface area contributed by atoms with Gasteiger partial charge in [-0.15, -0.1) is 0 Å². The molecule has 0 radical (unpaired) electrons. The number of ether oxygens (including phenoxy) is 1. The standard InChI is InChI=1S/C13H15F2NO5S/c14-10-2-1-3-11(13(10)15)22(19,20)16-6-4-9(5-7-16)21-8-12(17)18/h1-3,9H,4-8H2,(H,17,18). The van der Waals surface area contributed by atoms with Crippen LogP contribution >= 0.6 is 0 Å². The molecule has 1 heterocycles. The molecule has 122 valence electrons. The van der Waals surface area contributed by atoms with Crippen molar-refractivity contribution in [2.45, 2.75) is 23.8 Å². The molecule has 1 fully saturated rings. The van der Waals surface area contributed by atoms with Crippen molar-refractivity contribution in [3.05, 3.63) is 29.8 Å². The van der Waals surface area contributed by atoms with Crippen LogP contribution in [0.15, 0.2) is 23.1 Å². The molecule has 1 saturated heterocycles. The Labute approximate surface area is 126 Å². The first-order valence-corrected chi connectivity index (χ1v) is 8.04. The van der Waals surface area contributed by atoms with Gasteiger partial charge >= 0.3 is 5.97 Å². The Hall–Kier alpha value is -1.58. The van der Waals surface area contributed by atoms with E-state index in [0.717, 1.165) is 22.5 Å². The van der Waals surface area contributed by atoms with E-state index in [1.165, 1.54) is 0 Å². The third kappa shape index (κ3) is 3.60. The number of nitrogens with zero attached hydrogens (tertiary/aromatic N) is 1. The molecule has 1 aromatic rings. The van der Waals surface area contributed by atoms with E-state index in [-0.39, 0.29) is 19.2 Å². The molecule has 1 aliphatic rings. The van der Waals surface area contributed by atoms with Crippen molar-refractivity contribution in [3.8, 4) is 0 Å². The van der Waals surface area contributed by atoms with Crippen molar-refractivity contribution in [3.63, 3.8) is 0 Å². The summed E-state index contributed by atoms with van der Waals surface area (Å²) < 4.78 is 57.6. The fourth-order valence-corrected chi connectivity index (χ4v) is 3.79. The molecule has 0 spiro atoms. The van der Waals surface area contributed by atoms with E-state index in [1.54, 1.807) is 0 Å². The number of aliphatic carboxylic acids is 1. The summed E-state index contributed by atoms with van der Waals surface area (Å²) in [5, 5.41) is 8.52. The number of sulfonamides is 1. The van der Waals surface area contributed by atoms with E-state index >= 15 is 0 Å². The number of benzene rings is 1. The summed E-state index contributed by atoms with van der Waals surface area (Å²) in [6.45, 7) is -0.332. The second kappa shape index (κ2) is 6.67. The molecule has 9 heteroatoms. The average molecular weight is 335 g/mol. The minimum atomic E-state index is -4.12. The van der Waals surface area contributed by atoms with Crippen LogP contribution in [0.5, 0.6) is 0 Å². The van der Waals surface area contributed by atoms with E-state index < -0.39 is 39.1 Å². The SMILES string of the molecule is O=C(O)COC1CCN(S(=O)(=O)c2cccc(F)c2F)CC1. The predicted octanol–water partition coefficient (Wildman–Crippen LogP) is 1.22. The zero-order chi connectivity index (χ0) is 16.3. The Morgan fingerprint density at radius 1 is 1.32 bits per heavy atom. The van der Waals surface area contributed by atoms with Crippen molar-refractivity contribution in [2.75, 3.05) is 19.7 Å². The van der Waals surface area contributed by atoms with E-state index in [4.69, 9.17) is 9.84 Å². The second-order valence-corrected chi connectivity index (χ2v) is 6.77. The van der Waals surface area contributed by atoms with Gasteiger partial charge in [-0.1, -0.05) is 6.07 Å². The van der Waals surface area contributed by atoms with E-state index in [0.29, 0.717) is 12.8 Å². The summed E-state index contributed by atoms with van der Waals surface area (Å²) in [6.07, 6.45) is 0.229. The van der Waals surface area contributed by atoms with Crippen molar-refractivity contribution in [1.82, 2.24) is 4.31 Å². The second-order valence-electron chi connectivity index (χ2n) is 4.86. The van der Waals surface area contributed by atoms with Crippen LogP contribution in [-0.2, 0) is 19.6 Å². The van der Waals surface area contributed by atoms with Gasteiger partial charge in [0.1, 0.15) is 11.5 Å². The fraction of sp³-hybridized carbons (Fsp3) is 0.462. The van der Waals surface area contributed by atoms with Gasteiger partial charge in [0.25, 0.3) is 0 Å². The van der Waals surface area contributed by atoms with Gasteiger partial charge < -0.3 is 9.84 Å². The third-order valence-corrected chi connectivity index (χ3v) is 5.29. The number of carbonyl (C=O) groups is 1. The van der Waals surface area contributed by atoms with E-state index in [9.17, 15) is 22.0 Å². The van der Waals surface area contributed by atoms with Gasteiger partial charge in [0, 0.05) is 13.1 Å². The molecule has 2 rings (SSSR count). The van der Waals surface area contributed by atoms with Crippen LogP contribution in [0.3, 0.4) is 0 Å². The number of rotatable bonds is 5. The molecule has 1 aliphatic heterocycles. The summed E-state index contributed by atoms with van der Waals surface area (Å²) in [4.78, 5) is 9.71. The predicted molar refractivity (Wildman–Crippen MR) is 71.7 cm³/mol. The quantitative estimate of drug-likeness (QED) is 0.875. The first kappa shape index (κ1) is 16.8. The number of halogens is 2. The van der Waals surface area contributed by atoms with Crippen LogP contribution in [0.2, 0.25) is 0 Å². The molecule has 0 unspecified atom stereocenters. The zero-order valence-electron chi connectivity index (χ0n) is 11.5. The van der Waals surface area contributed by atoms with Gasteiger partial charge in [-0.05, 0) is 25.0 Å². The summed E-state index contributed by atoms with van der Waals surface area (Å²) in [5.74, 6) is -3.72. The maximum absolute atomic E-state index is 13.7. The van der Waals surface area contributed by atoms with Crippen molar-refractivity contribution >= 4 is 16.0 Å². The molecule has 0 bridgehead atoms. The molecule has 0 saturated carbocycles. The summed E-state index contributed by atoms with van der Waals surface area (Å²) in [6, 6.07) is 3.00. The summed E-state index contributed by atoms with van der Waals surface area (Å²) in [5.41, 5.74) is 0. The van der Waals surface area contributed by atoms with Crippen molar-refractivity contribution in [1.29, 1.82) is 0 Å². The highest BCUT2D eigenvalue weighted by molar-refractivity contribution is 7.89. The summed E-state index contributed by atoms with van der Waals surface area (Å²) >= 11 is 0.